The van der Waals surface area contributed by atoms with Gasteiger partial charge in [-0.2, -0.15) is 0 Å². The van der Waals surface area contributed by atoms with Crippen molar-refractivity contribution in [3.63, 3.8) is 0 Å². The topological polar surface area (TPSA) is 98.7 Å². The van der Waals surface area contributed by atoms with E-state index in [0.717, 1.165) is 11.3 Å². The van der Waals surface area contributed by atoms with Crippen molar-refractivity contribution in [3.05, 3.63) is 0 Å². The molecular formula is C12H23N3O4. The number of hydrogen-bond donors (Lipinski definition) is 3. The summed E-state index contributed by atoms with van der Waals surface area (Å²) in [7, 11) is 1.44. The molecule has 0 aliphatic carbocycles. The lowest BCUT2D eigenvalue weighted by Crippen LogP contribution is -2.51. The normalized spacial score (nSPS) is 11.8. The Morgan fingerprint density at radius 1 is 1.26 bits per heavy atom. The molecule has 0 heterocycles. The molecule has 0 saturated heterocycles. The summed E-state index contributed by atoms with van der Waals surface area (Å²) in [5, 5.41) is 14.0. The van der Waals surface area contributed by atoms with Crippen LogP contribution in [-0.2, 0) is 9.59 Å². The molecule has 19 heavy (non-hydrogen) atoms. The molecule has 0 aliphatic rings. The summed E-state index contributed by atoms with van der Waals surface area (Å²) in [4.78, 5) is 35.3. The van der Waals surface area contributed by atoms with Crippen molar-refractivity contribution in [2.24, 2.45) is 5.92 Å². The lowest BCUT2D eigenvalue weighted by molar-refractivity contribution is -0.140. The van der Waals surface area contributed by atoms with Crippen LogP contribution in [0.3, 0.4) is 0 Å². The predicted octanol–water partition coefficient (Wildman–Crippen LogP) is 0.263. The molecule has 3 amide bonds. The number of nitrogens with zero attached hydrogens (tertiary/aromatic N) is 1. The lowest BCUT2D eigenvalue weighted by Gasteiger charge is -2.22. The number of likely N-dealkylation sites (N-methyl/N-ethyl adjacent to an activating group) is 1. The van der Waals surface area contributed by atoms with Crippen LogP contribution in [0.15, 0.2) is 0 Å². The van der Waals surface area contributed by atoms with Gasteiger partial charge in [0.25, 0.3) is 0 Å². The third-order valence-electron chi connectivity index (χ3n) is 2.51. The van der Waals surface area contributed by atoms with E-state index in [0.29, 0.717) is 6.54 Å². The van der Waals surface area contributed by atoms with Crippen molar-refractivity contribution in [2.75, 3.05) is 20.1 Å². The van der Waals surface area contributed by atoms with E-state index in [2.05, 4.69) is 10.6 Å². The number of nitrogens with one attached hydrogen (secondary N) is 2. The number of hydrogen-bond acceptors (Lipinski definition) is 3. The van der Waals surface area contributed by atoms with Gasteiger partial charge in [0.15, 0.2) is 0 Å². The minimum absolute atomic E-state index is 0.101. The summed E-state index contributed by atoms with van der Waals surface area (Å²) in [5.41, 5.74) is 0. The lowest BCUT2D eigenvalue weighted by atomic mass is 10.1. The quantitative estimate of drug-likeness (QED) is 0.619. The molecule has 0 radical (unpaired) electrons. The van der Waals surface area contributed by atoms with Gasteiger partial charge in [0.1, 0.15) is 12.6 Å². The van der Waals surface area contributed by atoms with Gasteiger partial charge in [0.05, 0.1) is 0 Å². The Balaban J connectivity index is 4.33. The van der Waals surface area contributed by atoms with Crippen LogP contribution in [0.1, 0.15) is 27.2 Å². The van der Waals surface area contributed by atoms with Crippen LogP contribution in [0, 0.1) is 5.92 Å². The first kappa shape index (κ1) is 17.2. The molecule has 7 nitrogen and oxygen atoms in total. The van der Waals surface area contributed by atoms with E-state index >= 15 is 0 Å². The number of aliphatic carboxylic acids is 1. The Morgan fingerprint density at radius 3 is 2.26 bits per heavy atom. The van der Waals surface area contributed by atoms with Crippen LogP contribution in [0.2, 0.25) is 0 Å². The third kappa shape index (κ3) is 6.64. The monoisotopic (exact) mass is 273 g/mol. The number of carbonyl (C=O) groups excluding carboxylic acids is 2. The second kappa shape index (κ2) is 8.34. The zero-order chi connectivity index (χ0) is 15.0. The zero-order valence-corrected chi connectivity index (χ0v) is 11.9. The average molecular weight is 273 g/mol. The maximum absolute atomic E-state index is 11.7. The third-order valence-corrected chi connectivity index (χ3v) is 2.51. The van der Waals surface area contributed by atoms with E-state index in [1.807, 2.05) is 6.92 Å². The van der Waals surface area contributed by atoms with Crippen molar-refractivity contribution in [2.45, 2.75) is 33.2 Å². The number of carbonyl (C=O) groups is 3. The molecule has 0 spiro atoms. The fraction of sp³-hybridized carbons (Fsp3) is 0.750. The van der Waals surface area contributed by atoms with Gasteiger partial charge in [-0.3, -0.25) is 4.79 Å². The van der Waals surface area contributed by atoms with Crippen LogP contribution >= 0.6 is 0 Å². The van der Waals surface area contributed by atoms with Crippen LogP contribution < -0.4 is 10.6 Å². The molecule has 3 N–H and O–H groups in total. The molecule has 7 heteroatoms. The highest BCUT2D eigenvalue weighted by atomic mass is 16.4. The molecule has 0 aromatic rings. The Hall–Kier alpha value is -1.79. The standard InChI is InChI=1S/C12H23N3O4/c1-5-6-13-9(16)7-15(4)12(19)14-10(8(2)3)11(17)18/h8,10H,5-7H2,1-4H3,(H,13,16)(H,14,19)(H,17,18)/t10-/m0/s1. The SMILES string of the molecule is CCCNC(=O)CN(C)C(=O)N[C@H](C(=O)O)C(C)C. The summed E-state index contributed by atoms with van der Waals surface area (Å²) in [6.07, 6.45) is 0.816. The van der Waals surface area contributed by atoms with Gasteiger partial charge in [0, 0.05) is 13.6 Å². The second-order valence-corrected chi connectivity index (χ2v) is 4.72. The van der Waals surface area contributed by atoms with Gasteiger partial charge in [-0.15, -0.1) is 0 Å². The summed E-state index contributed by atoms with van der Waals surface area (Å²) in [5.74, 6) is -1.59. The average Bonchev–Trinajstić information content (AvgIpc) is 2.31. The summed E-state index contributed by atoms with van der Waals surface area (Å²) in [6.45, 7) is 5.78. The van der Waals surface area contributed by atoms with Crippen LogP contribution in [0.25, 0.3) is 0 Å². The van der Waals surface area contributed by atoms with Crippen molar-refractivity contribution in [1.29, 1.82) is 0 Å². The van der Waals surface area contributed by atoms with Gasteiger partial charge in [-0.1, -0.05) is 20.8 Å². The Bertz CT molecular complexity index is 331. The van der Waals surface area contributed by atoms with E-state index in [1.165, 1.54) is 7.05 Å². The minimum atomic E-state index is -1.09. The van der Waals surface area contributed by atoms with Crippen molar-refractivity contribution >= 4 is 17.9 Å². The Kier molecular flexibility index (Phi) is 7.55. The number of carboxylic acids is 1. The molecule has 0 bridgehead atoms. The molecule has 0 unspecified atom stereocenters. The highest BCUT2D eigenvalue weighted by Gasteiger charge is 2.25. The van der Waals surface area contributed by atoms with E-state index in [4.69, 9.17) is 5.11 Å². The second-order valence-electron chi connectivity index (χ2n) is 4.72. The van der Waals surface area contributed by atoms with Crippen molar-refractivity contribution in [1.82, 2.24) is 15.5 Å². The molecule has 0 aliphatic heterocycles. The fourth-order valence-corrected chi connectivity index (χ4v) is 1.36. The van der Waals surface area contributed by atoms with Crippen LogP contribution in [0.5, 0.6) is 0 Å². The van der Waals surface area contributed by atoms with Crippen molar-refractivity contribution in [3.8, 4) is 0 Å². The largest absolute Gasteiger partial charge is 0.480 e. The van der Waals surface area contributed by atoms with Gasteiger partial charge in [0.2, 0.25) is 5.91 Å². The van der Waals surface area contributed by atoms with Crippen molar-refractivity contribution < 1.29 is 19.5 Å². The molecule has 110 valence electrons. The summed E-state index contributed by atoms with van der Waals surface area (Å²) >= 11 is 0. The van der Waals surface area contributed by atoms with E-state index in [-0.39, 0.29) is 18.4 Å². The Morgan fingerprint density at radius 2 is 1.84 bits per heavy atom. The first-order valence-electron chi connectivity index (χ1n) is 6.30. The van der Waals surface area contributed by atoms with Gasteiger partial charge in [-0.05, 0) is 12.3 Å². The summed E-state index contributed by atoms with van der Waals surface area (Å²) < 4.78 is 0. The number of urea groups is 1. The molecule has 0 saturated carbocycles. The number of amides is 3. The first-order chi connectivity index (χ1) is 8.79. The summed E-state index contributed by atoms with van der Waals surface area (Å²) in [6, 6.07) is -1.54. The van der Waals surface area contributed by atoms with E-state index in [1.54, 1.807) is 13.8 Å². The van der Waals surface area contributed by atoms with Gasteiger partial charge < -0.3 is 20.6 Å². The maximum Gasteiger partial charge on any atom is 0.326 e. The first-order valence-corrected chi connectivity index (χ1v) is 6.30. The zero-order valence-electron chi connectivity index (χ0n) is 11.9. The van der Waals surface area contributed by atoms with E-state index in [9.17, 15) is 14.4 Å². The minimum Gasteiger partial charge on any atom is -0.480 e. The molecular weight excluding hydrogens is 250 g/mol. The molecule has 1 atom stereocenters. The molecule has 0 aromatic heterocycles. The van der Waals surface area contributed by atoms with Crippen LogP contribution in [0.4, 0.5) is 4.79 Å². The fourth-order valence-electron chi connectivity index (χ4n) is 1.36. The highest BCUT2D eigenvalue weighted by Crippen LogP contribution is 2.02. The number of rotatable bonds is 7. The molecule has 0 aromatic carbocycles. The Labute approximate surface area is 113 Å². The smallest absolute Gasteiger partial charge is 0.326 e. The number of carboxylic acid groups (broad SMARTS) is 1. The van der Waals surface area contributed by atoms with Crippen LogP contribution in [-0.4, -0.2) is 54.1 Å². The molecule has 0 rings (SSSR count). The van der Waals surface area contributed by atoms with E-state index < -0.39 is 18.0 Å². The van der Waals surface area contributed by atoms with Gasteiger partial charge in [-0.25, -0.2) is 9.59 Å². The predicted molar refractivity (Wildman–Crippen MR) is 70.7 cm³/mol. The van der Waals surface area contributed by atoms with Gasteiger partial charge >= 0.3 is 12.0 Å². The maximum atomic E-state index is 11.7. The molecule has 0 fully saturated rings. The highest BCUT2D eigenvalue weighted by molar-refractivity contribution is 5.86.